The average Bonchev–Trinajstić information content (AvgIpc) is 3.84. The third kappa shape index (κ3) is 3.99. The van der Waals surface area contributed by atoms with Crippen molar-refractivity contribution >= 4 is 0 Å². The monoisotopic (exact) mass is 462 g/mol. The van der Waals surface area contributed by atoms with E-state index in [1.54, 1.807) is 0 Å². The van der Waals surface area contributed by atoms with Crippen LogP contribution in [0.4, 0.5) is 0 Å². The minimum absolute atomic E-state index is 0.201. The molecule has 3 aliphatic rings. The number of hydrogen-bond donors (Lipinski definition) is 0. The van der Waals surface area contributed by atoms with E-state index >= 15 is 0 Å². The van der Waals surface area contributed by atoms with Crippen LogP contribution in [0.1, 0.15) is 11.1 Å². The Hall–Kier alpha value is -3.60. The van der Waals surface area contributed by atoms with Gasteiger partial charge in [-0.25, -0.2) is 0 Å². The quantitative estimate of drug-likeness (QED) is 0.260. The highest BCUT2D eigenvalue weighted by Crippen LogP contribution is 2.49. The van der Waals surface area contributed by atoms with E-state index in [9.17, 15) is 0 Å². The van der Waals surface area contributed by atoms with Gasteiger partial charge in [-0.15, -0.1) is 0 Å². The molecule has 2 aliphatic heterocycles. The van der Waals surface area contributed by atoms with Crippen LogP contribution in [0.3, 0.4) is 0 Å². The van der Waals surface area contributed by atoms with Crippen LogP contribution < -0.4 is 9.47 Å². The van der Waals surface area contributed by atoms with E-state index in [1.807, 2.05) is 12.1 Å². The second-order valence-electron chi connectivity index (χ2n) is 9.37. The van der Waals surface area contributed by atoms with Crippen molar-refractivity contribution < 1.29 is 18.9 Å². The van der Waals surface area contributed by atoms with Gasteiger partial charge in [-0.1, -0.05) is 72.8 Å². The van der Waals surface area contributed by atoms with Crippen molar-refractivity contribution in [1.82, 2.24) is 0 Å². The van der Waals surface area contributed by atoms with Crippen LogP contribution in [0.2, 0.25) is 0 Å². The zero-order chi connectivity index (χ0) is 23.2. The first-order valence-corrected chi connectivity index (χ1v) is 12.3. The van der Waals surface area contributed by atoms with E-state index in [2.05, 4.69) is 72.8 Å². The van der Waals surface area contributed by atoms with Crippen LogP contribution in [0.15, 0.2) is 84.9 Å². The predicted molar refractivity (Wildman–Crippen MR) is 136 cm³/mol. The van der Waals surface area contributed by atoms with Gasteiger partial charge in [0.2, 0.25) is 0 Å². The average molecular weight is 463 g/mol. The first kappa shape index (κ1) is 20.7. The Labute approximate surface area is 205 Å². The summed E-state index contributed by atoms with van der Waals surface area (Å²) in [6.45, 7) is 2.70. The second kappa shape index (κ2) is 8.56. The lowest BCUT2D eigenvalue weighted by Gasteiger charge is -2.20. The molecule has 4 heteroatoms. The minimum atomic E-state index is 0.201. The smallest absolute Gasteiger partial charge is 0.127 e. The molecule has 4 aromatic rings. The Morgan fingerprint density at radius 1 is 0.571 bits per heavy atom. The molecule has 0 spiro atoms. The van der Waals surface area contributed by atoms with Gasteiger partial charge < -0.3 is 18.9 Å². The standard InChI is InChI=1S/C31H26O4/c1-2-8-23-20(7-1)15-28-24(23)13-14-26(25-9-3-5-11-29(25)34-18-21-16-32-21)31(28)27-10-4-6-12-30(27)35-19-22-17-33-22/h1-14,21-22H,15-19H2. The number of benzene rings is 4. The highest BCUT2D eigenvalue weighted by atomic mass is 16.6. The van der Waals surface area contributed by atoms with Gasteiger partial charge in [0.05, 0.1) is 13.2 Å². The maximum atomic E-state index is 6.29. The van der Waals surface area contributed by atoms with Crippen LogP contribution in [0.25, 0.3) is 33.4 Å². The first-order valence-electron chi connectivity index (χ1n) is 12.3. The van der Waals surface area contributed by atoms with Crippen molar-refractivity contribution in [2.45, 2.75) is 18.6 Å². The summed E-state index contributed by atoms with van der Waals surface area (Å²) in [6.07, 6.45) is 1.30. The molecule has 0 bridgehead atoms. The number of fused-ring (bicyclic) bond motifs is 3. The van der Waals surface area contributed by atoms with Crippen LogP contribution >= 0.6 is 0 Å². The highest BCUT2D eigenvalue weighted by Gasteiger charge is 2.28. The molecule has 0 N–H and O–H groups in total. The molecule has 2 heterocycles. The van der Waals surface area contributed by atoms with Crippen molar-refractivity contribution in [3.8, 4) is 44.9 Å². The Balaban J connectivity index is 1.40. The van der Waals surface area contributed by atoms with Crippen molar-refractivity contribution in [3.05, 3.63) is 96.1 Å². The lowest BCUT2D eigenvalue weighted by Crippen LogP contribution is -2.06. The predicted octanol–water partition coefficient (Wildman–Crippen LogP) is 6.15. The fraction of sp³-hybridized carbons (Fsp3) is 0.226. The molecule has 2 fully saturated rings. The van der Waals surface area contributed by atoms with E-state index in [-0.39, 0.29) is 12.2 Å². The van der Waals surface area contributed by atoms with Crippen LogP contribution in [-0.2, 0) is 15.9 Å². The second-order valence-corrected chi connectivity index (χ2v) is 9.37. The van der Waals surface area contributed by atoms with Gasteiger partial charge in [-0.2, -0.15) is 0 Å². The molecule has 0 saturated carbocycles. The fourth-order valence-corrected chi connectivity index (χ4v) is 5.05. The molecular weight excluding hydrogens is 436 g/mol. The molecule has 1 aliphatic carbocycles. The highest BCUT2D eigenvalue weighted by molar-refractivity contribution is 5.96. The van der Waals surface area contributed by atoms with E-state index in [1.165, 1.54) is 27.8 Å². The van der Waals surface area contributed by atoms with Gasteiger partial charge >= 0.3 is 0 Å². The molecule has 4 aromatic carbocycles. The zero-order valence-electron chi connectivity index (χ0n) is 19.4. The topological polar surface area (TPSA) is 43.5 Å². The molecular formula is C31H26O4. The molecule has 35 heavy (non-hydrogen) atoms. The number of ether oxygens (including phenoxy) is 4. The number of para-hydroxylation sites is 2. The van der Waals surface area contributed by atoms with Crippen molar-refractivity contribution in [3.63, 3.8) is 0 Å². The Morgan fingerprint density at radius 3 is 1.80 bits per heavy atom. The van der Waals surface area contributed by atoms with Crippen LogP contribution in [-0.4, -0.2) is 38.6 Å². The van der Waals surface area contributed by atoms with Crippen molar-refractivity contribution in [2.24, 2.45) is 0 Å². The third-order valence-corrected chi connectivity index (χ3v) is 6.98. The lowest BCUT2D eigenvalue weighted by molar-refractivity contribution is 0.263. The van der Waals surface area contributed by atoms with Gasteiger partial charge in [0.1, 0.15) is 36.9 Å². The molecule has 174 valence electrons. The molecule has 7 rings (SSSR count). The van der Waals surface area contributed by atoms with E-state index in [4.69, 9.17) is 18.9 Å². The van der Waals surface area contributed by atoms with Gasteiger partial charge in [-0.05, 0) is 51.9 Å². The van der Waals surface area contributed by atoms with Crippen molar-refractivity contribution in [1.29, 1.82) is 0 Å². The lowest BCUT2D eigenvalue weighted by atomic mass is 9.87. The maximum absolute atomic E-state index is 6.29. The Bertz CT molecular complexity index is 1400. The van der Waals surface area contributed by atoms with Crippen LogP contribution in [0.5, 0.6) is 11.5 Å². The van der Waals surface area contributed by atoms with E-state index < -0.39 is 0 Å². The zero-order valence-corrected chi connectivity index (χ0v) is 19.4. The summed E-state index contributed by atoms with van der Waals surface area (Å²) in [7, 11) is 0. The summed E-state index contributed by atoms with van der Waals surface area (Å²) >= 11 is 0. The summed E-state index contributed by atoms with van der Waals surface area (Å²) in [5.74, 6) is 1.77. The third-order valence-electron chi connectivity index (χ3n) is 6.98. The fourth-order valence-electron chi connectivity index (χ4n) is 5.05. The molecule has 0 radical (unpaired) electrons. The van der Waals surface area contributed by atoms with Crippen molar-refractivity contribution in [2.75, 3.05) is 26.4 Å². The van der Waals surface area contributed by atoms with Gasteiger partial charge in [0.25, 0.3) is 0 Å². The number of rotatable bonds is 8. The maximum Gasteiger partial charge on any atom is 0.127 e. The SMILES string of the molecule is c1ccc2c(c1)Cc1c-2ccc(-c2ccccc2OCC2CO2)c1-c1ccccc1OCC1CO1. The van der Waals surface area contributed by atoms with Gasteiger partial charge in [0, 0.05) is 11.1 Å². The summed E-state index contributed by atoms with van der Waals surface area (Å²) in [4.78, 5) is 0. The summed E-state index contributed by atoms with van der Waals surface area (Å²) in [5, 5.41) is 0. The number of epoxide rings is 2. The summed E-state index contributed by atoms with van der Waals surface area (Å²) < 4.78 is 23.3. The van der Waals surface area contributed by atoms with Crippen LogP contribution in [0, 0.1) is 0 Å². The molecule has 4 nitrogen and oxygen atoms in total. The first-order chi connectivity index (χ1) is 17.3. The number of hydrogen-bond acceptors (Lipinski definition) is 4. The molecule has 2 saturated heterocycles. The van der Waals surface area contributed by atoms with E-state index in [0.717, 1.165) is 47.8 Å². The Kier molecular flexibility index (Phi) is 5.07. The van der Waals surface area contributed by atoms with Gasteiger partial charge in [0.15, 0.2) is 0 Å². The summed E-state index contributed by atoms with van der Waals surface area (Å²) in [5.41, 5.74) is 9.87. The van der Waals surface area contributed by atoms with Gasteiger partial charge in [-0.3, -0.25) is 0 Å². The molecule has 2 atom stereocenters. The largest absolute Gasteiger partial charge is 0.490 e. The molecule has 0 amide bonds. The Morgan fingerprint density at radius 2 is 1.11 bits per heavy atom. The summed E-state index contributed by atoms with van der Waals surface area (Å²) in [6, 6.07) is 29.9. The molecule has 2 unspecified atom stereocenters. The van der Waals surface area contributed by atoms with E-state index in [0.29, 0.717) is 13.2 Å². The normalized spacial score (nSPS) is 19.1. The molecule has 0 aromatic heterocycles. The minimum Gasteiger partial charge on any atom is -0.490 e.